The van der Waals surface area contributed by atoms with E-state index in [4.69, 9.17) is 0 Å². The van der Waals surface area contributed by atoms with Crippen LogP contribution in [0.25, 0.3) is 0 Å². The van der Waals surface area contributed by atoms with Gasteiger partial charge in [0.2, 0.25) is 0 Å². The molecule has 0 bridgehead atoms. The molecule has 0 atom stereocenters. The molecule has 0 aliphatic carbocycles. The van der Waals surface area contributed by atoms with Gasteiger partial charge in [0.05, 0.1) is 10.6 Å². The Balaban J connectivity index is 1.80. The van der Waals surface area contributed by atoms with Gasteiger partial charge in [-0.2, -0.15) is 0 Å². The lowest BCUT2D eigenvalue weighted by Gasteiger charge is -2.30. The van der Waals surface area contributed by atoms with Gasteiger partial charge in [0.25, 0.3) is 15.9 Å². The molecule has 120 valence electrons. The molecule has 1 N–H and O–H groups in total. The summed E-state index contributed by atoms with van der Waals surface area (Å²) < 4.78 is 40.3. The molecule has 23 heavy (non-hydrogen) atoms. The summed E-state index contributed by atoms with van der Waals surface area (Å²) in [6.07, 6.45) is 0.991. The maximum absolute atomic E-state index is 13.6. The second-order valence-corrected chi connectivity index (χ2v) is 6.94. The van der Waals surface area contributed by atoms with Crippen LogP contribution in [0.2, 0.25) is 0 Å². The van der Waals surface area contributed by atoms with E-state index < -0.39 is 15.8 Å². The van der Waals surface area contributed by atoms with Crippen molar-refractivity contribution >= 4 is 21.6 Å². The zero-order valence-electron chi connectivity index (χ0n) is 12.2. The molecule has 1 amide bonds. The minimum Gasteiger partial charge on any atom is -0.339 e. The lowest BCUT2D eigenvalue weighted by molar-refractivity contribution is 0.0651. The lowest BCUT2D eigenvalue weighted by atomic mass is 10.1. The third kappa shape index (κ3) is 3.19. The van der Waals surface area contributed by atoms with Crippen LogP contribution in [0.3, 0.4) is 0 Å². The van der Waals surface area contributed by atoms with Crippen molar-refractivity contribution in [3.05, 3.63) is 59.9 Å². The topological polar surface area (TPSA) is 66.5 Å². The van der Waals surface area contributed by atoms with Gasteiger partial charge in [-0.25, -0.2) is 12.8 Å². The summed E-state index contributed by atoms with van der Waals surface area (Å²) in [5.74, 6) is -0.761. The van der Waals surface area contributed by atoms with Crippen molar-refractivity contribution in [1.29, 1.82) is 0 Å². The number of sulfonamides is 1. The lowest BCUT2D eigenvalue weighted by Crippen LogP contribution is -2.42. The molecule has 5 nitrogen and oxygen atoms in total. The first kappa shape index (κ1) is 15.5. The molecule has 0 unspecified atom stereocenters. The van der Waals surface area contributed by atoms with Crippen molar-refractivity contribution in [2.75, 3.05) is 17.8 Å². The molecule has 0 spiro atoms. The van der Waals surface area contributed by atoms with Crippen molar-refractivity contribution in [2.24, 2.45) is 0 Å². The second kappa shape index (κ2) is 6.00. The number of nitrogens with zero attached hydrogens (tertiary/aromatic N) is 1. The molecule has 3 rings (SSSR count). The number of rotatable bonds is 4. The summed E-state index contributed by atoms with van der Waals surface area (Å²) in [5.41, 5.74) is 0.322. The number of anilines is 1. The molecule has 0 aromatic heterocycles. The van der Waals surface area contributed by atoms with Crippen LogP contribution in [0.15, 0.2) is 53.4 Å². The Hall–Kier alpha value is -2.41. The third-order valence-electron chi connectivity index (χ3n) is 3.67. The number of hydrogen-bond donors (Lipinski definition) is 1. The maximum Gasteiger partial charge on any atom is 0.261 e. The summed E-state index contributed by atoms with van der Waals surface area (Å²) in [7, 11) is -3.91. The number of carbonyl (C=O) groups excluding carboxylic acids is 1. The number of benzene rings is 2. The Kier molecular flexibility index (Phi) is 4.04. The zero-order chi connectivity index (χ0) is 16.4. The van der Waals surface area contributed by atoms with Crippen LogP contribution in [0.1, 0.15) is 16.8 Å². The summed E-state index contributed by atoms with van der Waals surface area (Å²) in [5, 5.41) is 0. The van der Waals surface area contributed by atoms with Crippen LogP contribution in [0.4, 0.5) is 10.1 Å². The molecule has 1 aliphatic heterocycles. The van der Waals surface area contributed by atoms with E-state index in [9.17, 15) is 17.6 Å². The van der Waals surface area contributed by atoms with Gasteiger partial charge in [-0.15, -0.1) is 0 Å². The van der Waals surface area contributed by atoms with Gasteiger partial charge in [0, 0.05) is 18.7 Å². The van der Waals surface area contributed by atoms with E-state index in [1.807, 2.05) is 0 Å². The van der Waals surface area contributed by atoms with E-state index in [-0.39, 0.29) is 16.5 Å². The molecule has 1 saturated heterocycles. The molecular formula is C16H15FN2O3S. The Bertz CT molecular complexity index is 831. The summed E-state index contributed by atoms with van der Waals surface area (Å²) in [6, 6.07) is 11.2. The number of likely N-dealkylation sites (tertiary alicyclic amines) is 1. The molecule has 1 fully saturated rings. The van der Waals surface area contributed by atoms with Gasteiger partial charge in [0.1, 0.15) is 5.82 Å². The molecule has 0 radical (unpaired) electrons. The average molecular weight is 334 g/mol. The van der Waals surface area contributed by atoms with Gasteiger partial charge < -0.3 is 4.90 Å². The highest BCUT2D eigenvalue weighted by Crippen LogP contribution is 2.20. The Labute approximate surface area is 133 Å². The number of carbonyl (C=O) groups is 1. The van der Waals surface area contributed by atoms with Crippen LogP contribution in [-0.4, -0.2) is 32.3 Å². The quantitative estimate of drug-likeness (QED) is 0.934. The normalized spacial score (nSPS) is 14.2. The molecule has 1 heterocycles. The van der Waals surface area contributed by atoms with Crippen molar-refractivity contribution in [2.45, 2.75) is 11.3 Å². The van der Waals surface area contributed by atoms with E-state index in [0.29, 0.717) is 5.56 Å². The SMILES string of the molecule is O=C(c1ccc(S(=O)(=O)Nc2ccccc2F)cc1)N1CCC1. The molecule has 7 heteroatoms. The minimum absolute atomic E-state index is 0.0269. The van der Waals surface area contributed by atoms with E-state index in [1.165, 1.54) is 48.5 Å². The first-order valence-electron chi connectivity index (χ1n) is 7.14. The van der Waals surface area contributed by atoms with Crippen molar-refractivity contribution in [1.82, 2.24) is 4.90 Å². The van der Waals surface area contributed by atoms with Crippen LogP contribution >= 0.6 is 0 Å². The number of amides is 1. The highest BCUT2D eigenvalue weighted by molar-refractivity contribution is 7.92. The predicted molar refractivity (Wildman–Crippen MR) is 84.2 cm³/mol. The summed E-state index contributed by atoms with van der Waals surface area (Å²) in [4.78, 5) is 13.7. The predicted octanol–water partition coefficient (Wildman–Crippen LogP) is 2.47. The van der Waals surface area contributed by atoms with Crippen molar-refractivity contribution < 1.29 is 17.6 Å². The average Bonchev–Trinajstić information content (AvgIpc) is 2.48. The van der Waals surface area contributed by atoms with Crippen molar-refractivity contribution in [3.8, 4) is 0 Å². The van der Waals surface area contributed by atoms with Gasteiger partial charge in [-0.1, -0.05) is 12.1 Å². The number of para-hydroxylation sites is 1. The van der Waals surface area contributed by atoms with Gasteiger partial charge in [-0.05, 0) is 42.8 Å². The van der Waals surface area contributed by atoms with Crippen LogP contribution in [-0.2, 0) is 10.0 Å². The van der Waals surface area contributed by atoms with E-state index >= 15 is 0 Å². The highest BCUT2D eigenvalue weighted by Gasteiger charge is 2.22. The van der Waals surface area contributed by atoms with Crippen LogP contribution < -0.4 is 4.72 Å². The Morgan fingerprint density at radius 3 is 2.26 bits per heavy atom. The first-order chi connectivity index (χ1) is 11.0. The Morgan fingerprint density at radius 2 is 1.70 bits per heavy atom. The van der Waals surface area contributed by atoms with Crippen LogP contribution in [0.5, 0.6) is 0 Å². The van der Waals surface area contributed by atoms with Gasteiger partial charge in [-0.3, -0.25) is 9.52 Å². The fourth-order valence-electron chi connectivity index (χ4n) is 2.23. The second-order valence-electron chi connectivity index (χ2n) is 5.26. The van der Waals surface area contributed by atoms with Crippen LogP contribution in [0, 0.1) is 5.82 Å². The van der Waals surface area contributed by atoms with E-state index in [2.05, 4.69) is 4.72 Å². The smallest absolute Gasteiger partial charge is 0.261 e. The van der Waals surface area contributed by atoms with Gasteiger partial charge in [0.15, 0.2) is 0 Å². The summed E-state index contributed by atoms with van der Waals surface area (Å²) >= 11 is 0. The monoisotopic (exact) mass is 334 g/mol. The molecule has 1 aliphatic rings. The number of halogens is 1. The van der Waals surface area contributed by atoms with Crippen molar-refractivity contribution in [3.63, 3.8) is 0 Å². The van der Waals surface area contributed by atoms with Gasteiger partial charge >= 0.3 is 0 Å². The maximum atomic E-state index is 13.6. The highest BCUT2D eigenvalue weighted by atomic mass is 32.2. The zero-order valence-corrected chi connectivity index (χ0v) is 13.0. The Morgan fingerprint density at radius 1 is 1.04 bits per heavy atom. The molecule has 2 aromatic carbocycles. The fourth-order valence-corrected chi connectivity index (χ4v) is 3.29. The van der Waals surface area contributed by atoms with E-state index in [0.717, 1.165) is 19.5 Å². The number of nitrogens with one attached hydrogen (secondary N) is 1. The largest absolute Gasteiger partial charge is 0.339 e. The molecular weight excluding hydrogens is 319 g/mol. The molecule has 0 saturated carbocycles. The molecule has 2 aromatic rings. The summed E-state index contributed by atoms with van der Waals surface area (Å²) in [6.45, 7) is 1.46. The first-order valence-corrected chi connectivity index (χ1v) is 8.62. The fraction of sp³-hybridized carbons (Fsp3) is 0.188. The standard InChI is InChI=1S/C16H15FN2O3S/c17-14-4-1-2-5-15(14)18-23(21,22)13-8-6-12(7-9-13)16(20)19-10-3-11-19/h1-2,4-9,18H,3,10-11H2. The number of hydrogen-bond acceptors (Lipinski definition) is 3. The third-order valence-corrected chi connectivity index (χ3v) is 5.05. The van der Waals surface area contributed by atoms with E-state index in [1.54, 1.807) is 4.90 Å². The minimum atomic E-state index is -3.91.